The minimum Gasteiger partial charge on any atom is -0.389 e. The van der Waals surface area contributed by atoms with Gasteiger partial charge in [0.15, 0.2) is 0 Å². The quantitative estimate of drug-likeness (QED) is 0.771. The number of aliphatic hydroxyl groups is 1. The van der Waals surface area contributed by atoms with Crippen molar-refractivity contribution in [3.05, 3.63) is 16.1 Å². The van der Waals surface area contributed by atoms with E-state index >= 15 is 0 Å². The van der Waals surface area contributed by atoms with Crippen molar-refractivity contribution in [1.29, 1.82) is 0 Å². The summed E-state index contributed by atoms with van der Waals surface area (Å²) >= 11 is 12.3. The molecule has 0 fully saturated rings. The van der Waals surface area contributed by atoms with E-state index in [1.54, 1.807) is 18.1 Å². The number of nitrogens with zero attached hydrogens (tertiary/aromatic N) is 2. The predicted octanol–water partition coefficient (Wildman–Crippen LogP) is 2.65. The molecule has 0 saturated heterocycles. The van der Waals surface area contributed by atoms with Crippen LogP contribution in [0.5, 0.6) is 0 Å². The predicted molar refractivity (Wildman–Crippen MR) is 84.2 cm³/mol. The van der Waals surface area contributed by atoms with Crippen LogP contribution in [0.1, 0.15) is 13.3 Å². The summed E-state index contributed by atoms with van der Waals surface area (Å²) in [6.45, 7) is 3.47. The van der Waals surface area contributed by atoms with Gasteiger partial charge in [-0.05, 0) is 12.5 Å². The molecule has 0 aliphatic carbocycles. The third-order valence-electron chi connectivity index (χ3n) is 2.66. The maximum atomic E-state index is 9.76. The number of anilines is 2. The van der Waals surface area contributed by atoms with Crippen molar-refractivity contribution < 1.29 is 9.84 Å². The van der Waals surface area contributed by atoms with E-state index in [1.165, 1.54) is 0 Å². The molecule has 0 bridgehead atoms. The van der Waals surface area contributed by atoms with E-state index in [-0.39, 0.29) is 6.61 Å². The van der Waals surface area contributed by atoms with E-state index in [1.807, 2.05) is 7.05 Å². The lowest BCUT2D eigenvalue weighted by Crippen LogP contribution is -2.32. The summed E-state index contributed by atoms with van der Waals surface area (Å²) in [5.41, 5.74) is 0. The number of hydrogen-bond donors (Lipinski definition) is 2. The fraction of sp³-hybridized carbons (Fsp3) is 0.615. The van der Waals surface area contributed by atoms with Crippen LogP contribution in [0.2, 0.25) is 10.0 Å². The SMILES string of the molecule is CCCNc1nc(N(C)CC(O)COC)c(Cl)cc1Cl. The molecule has 1 rings (SSSR count). The average Bonchev–Trinajstić information content (AvgIpc) is 2.37. The van der Waals surface area contributed by atoms with Crippen LogP contribution in [0.25, 0.3) is 0 Å². The van der Waals surface area contributed by atoms with Crippen LogP contribution < -0.4 is 10.2 Å². The summed E-state index contributed by atoms with van der Waals surface area (Å²) in [5, 5.41) is 13.8. The number of ether oxygens (including phenoxy) is 1. The van der Waals surface area contributed by atoms with Crippen molar-refractivity contribution in [2.75, 3.05) is 44.1 Å². The van der Waals surface area contributed by atoms with Crippen molar-refractivity contribution in [2.24, 2.45) is 0 Å². The van der Waals surface area contributed by atoms with Gasteiger partial charge in [0.2, 0.25) is 0 Å². The molecule has 0 radical (unpaired) electrons. The van der Waals surface area contributed by atoms with Gasteiger partial charge in [-0.2, -0.15) is 0 Å². The Morgan fingerprint density at radius 3 is 2.75 bits per heavy atom. The number of methoxy groups -OCH3 is 1. The topological polar surface area (TPSA) is 57.6 Å². The highest BCUT2D eigenvalue weighted by Crippen LogP contribution is 2.31. The average molecular weight is 322 g/mol. The molecule has 0 amide bonds. The summed E-state index contributed by atoms with van der Waals surface area (Å²) < 4.78 is 4.90. The van der Waals surface area contributed by atoms with Gasteiger partial charge in [0.05, 0.1) is 22.8 Å². The molecular formula is C13H21Cl2N3O2. The lowest BCUT2D eigenvalue weighted by atomic mass is 10.3. The first-order valence-electron chi connectivity index (χ1n) is 6.47. The van der Waals surface area contributed by atoms with Gasteiger partial charge in [0, 0.05) is 27.2 Å². The second kappa shape index (κ2) is 8.52. The highest BCUT2D eigenvalue weighted by Gasteiger charge is 2.15. The molecule has 2 N–H and O–H groups in total. The van der Waals surface area contributed by atoms with Gasteiger partial charge in [-0.15, -0.1) is 0 Å². The summed E-state index contributed by atoms with van der Waals surface area (Å²) in [5.74, 6) is 1.17. The van der Waals surface area contributed by atoms with E-state index in [2.05, 4.69) is 17.2 Å². The van der Waals surface area contributed by atoms with Crippen molar-refractivity contribution >= 4 is 34.8 Å². The maximum Gasteiger partial charge on any atom is 0.149 e. The first-order chi connectivity index (χ1) is 9.49. The van der Waals surface area contributed by atoms with E-state index in [9.17, 15) is 5.11 Å². The van der Waals surface area contributed by atoms with Crippen LogP contribution in [-0.4, -0.2) is 50.0 Å². The third kappa shape index (κ3) is 4.98. The van der Waals surface area contributed by atoms with Gasteiger partial charge >= 0.3 is 0 Å². The summed E-state index contributed by atoms with van der Waals surface area (Å²) in [4.78, 5) is 6.20. The Morgan fingerprint density at radius 2 is 2.15 bits per heavy atom. The number of aliphatic hydroxyl groups excluding tert-OH is 1. The fourth-order valence-electron chi connectivity index (χ4n) is 1.74. The van der Waals surface area contributed by atoms with Crippen molar-refractivity contribution in [2.45, 2.75) is 19.4 Å². The smallest absolute Gasteiger partial charge is 0.149 e. The number of aromatic nitrogens is 1. The zero-order valence-corrected chi connectivity index (χ0v) is 13.5. The molecule has 114 valence electrons. The van der Waals surface area contributed by atoms with Crippen LogP contribution in [0.4, 0.5) is 11.6 Å². The second-order valence-corrected chi connectivity index (χ2v) is 5.36. The van der Waals surface area contributed by atoms with Gasteiger partial charge in [0.25, 0.3) is 0 Å². The minimum atomic E-state index is -0.606. The normalized spacial score (nSPS) is 12.3. The molecule has 0 aromatic carbocycles. The molecule has 20 heavy (non-hydrogen) atoms. The molecular weight excluding hydrogens is 301 g/mol. The number of pyridine rings is 1. The molecule has 1 aromatic rings. The molecule has 0 spiro atoms. The molecule has 0 aliphatic heterocycles. The third-order valence-corrected chi connectivity index (χ3v) is 3.22. The number of rotatable bonds is 8. The Hall–Kier alpha value is -0.750. The van der Waals surface area contributed by atoms with E-state index in [0.717, 1.165) is 13.0 Å². The van der Waals surface area contributed by atoms with Crippen LogP contribution >= 0.6 is 23.2 Å². The maximum absolute atomic E-state index is 9.76. The second-order valence-electron chi connectivity index (χ2n) is 4.54. The van der Waals surface area contributed by atoms with Crippen molar-refractivity contribution in [3.63, 3.8) is 0 Å². The Bertz CT molecular complexity index is 432. The fourth-order valence-corrected chi connectivity index (χ4v) is 2.31. The lowest BCUT2D eigenvalue weighted by molar-refractivity contribution is 0.0694. The zero-order chi connectivity index (χ0) is 15.1. The Balaban J connectivity index is 2.87. The summed E-state index contributed by atoms with van der Waals surface area (Å²) in [6, 6.07) is 1.66. The van der Waals surface area contributed by atoms with E-state index < -0.39 is 6.10 Å². The molecule has 1 unspecified atom stereocenters. The number of halogens is 2. The first-order valence-corrected chi connectivity index (χ1v) is 7.23. The number of hydrogen-bond acceptors (Lipinski definition) is 5. The van der Waals surface area contributed by atoms with E-state index in [4.69, 9.17) is 27.9 Å². The van der Waals surface area contributed by atoms with Gasteiger partial charge in [0.1, 0.15) is 11.6 Å². The zero-order valence-electron chi connectivity index (χ0n) is 12.0. The molecule has 5 nitrogen and oxygen atoms in total. The number of likely N-dealkylation sites (N-methyl/N-ethyl adjacent to an activating group) is 1. The summed E-state index contributed by atoms with van der Waals surface area (Å²) in [7, 11) is 3.36. The van der Waals surface area contributed by atoms with Crippen LogP contribution in [0.3, 0.4) is 0 Å². The first kappa shape index (κ1) is 17.3. The van der Waals surface area contributed by atoms with Crippen LogP contribution in [0, 0.1) is 0 Å². The molecule has 7 heteroatoms. The monoisotopic (exact) mass is 321 g/mol. The van der Waals surface area contributed by atoms with Gasteiger partial charge < -0.3 is 20.1 Å². The molecule has 1 aromatic heterocycles. The van der Waals surface area contributed by atoms with Crippen molar-refractivity contribution in [3.8, 4) is 0 Å². The molecule has 1 heterocycles. The van der Waals surface area contributed by atoms with Gasteiger partial charge in [-0.1, -0.05) is 30.1 Å². The van der Waals surface area contributed by atoms with Crippen molar-refractivity contribution in [1.82, 2.24) is 4.98 Å². The molecule has 0 saturated carbocycles. The molecule has 0 aliphatic rings. The minimum absolute atomic E-state index is 0.260. The number of nitrogens with one attached hydrogen (secondary N) is 1. The van der Waals surface area contributed by atoms with Crippen LogP contribution in [-0.2, 0) is 4.74 Å². The molecule has 1 atom stereocenters. The van der Waals surface area contributed by atoms with Gasteiger partial charge in [-0.3, -0.25) is 0 Å². The largest absolute Gasteiger partial charge is 0.389 e. The lowest BCUT2D eigenvalue weighted by Gasteiger charge is -2.23. The van der Waals surface area contributed by atoms with E-state index in [0.29, 0.717) is 28.2 Å². The highest BCUT2D eigenvalue weighted by molar-refractivity contribution is 6.37. The Kier molecular flexibility index (Phi) is 7.37. The Morgan fingerprint density at radius 1 is 1.45 bits per heavy atom. The van der Waals surface area contributed by atoms with Crippen LogP contribution in [0.15, 0.2) is 6.07 Å². The highest BCUT2D eigenvalue weighted by atomic mass is 35.5. The Labute approximate surface area is 129 Å². The summed E-state index contributed by atoms with van der Waals surface area (Å²) in [6.07, 6.45) is 0.365. The van der Waals surface area contributed by atoms with Gasteiger partial charge in [-0.25, -0.2) is 4.98 Å². The standard InChI is InChI=1S/C13H21Cl2N3O2/c1-4-5-16-12-10(14)6-11(15)13(17-12)18(2)7-9(19)8-20-3/h6,9,19H,4-5,7-8H2,1-3H3,(H,16,17).